The van der Waals surface area contributed by atoms with Gasteiger partial charge in [-0.3, -0.25) is 19.7 Å². The topological polar surface area (TPSA) is 88.2 Å². The molecule has 0 radical (unpaired) electrons. The van der Waals surface area contributed by atoms with E-state index in [0.29, 0.717) is 24.4 Å². The van der Waals surface area contributed by atoms with Gasteiger partial charge in [-0.2, -0.15) is 0 Å². The van der Waals surface area contributed by atoms with Crippen molar-refractivity contribution < 1.29 is 23.9 Å². The Balaban J connectivity index is 1.46. The largest absolute Gasteiger partial charge is 0.370 e. The van der Waals surface area contributed by atoms with Crippen LogP contribution in [0.25, 0.3) is 0 Å². The van der Waals surface area contributed by atoms with Crippen molar-refractivity contribution in [3.05, 3.63) is 29.3 Å². The number of methoxy groups -OCH3 is 2. The number of carbonyl (C=O) groups excluding carboxylic acids is 3. The smallest absolute Gasteiger partial charge is 0.255 e. The number of nitrogens with zero attached hydrogens (tertiary/aromatic N) is 2. The lowest BCUT2D eigenvalue weighted by atomic mass is 9.97. The van der Waals surface area contributed by atoms with Gasteiger partial charge in [-0.15, -0.1) is 0 Å². The molecular weight excluding hydrogens is 350 g/mol. The van der Waals surface area contributed by atoms with E-state index in [1.807, 2.05) is 18.2 Å². The zero-order valence-corrected chi connectivity index (χ0v) is 15.4. The number of hydrogen-bond donors (Lipinski definition) is 1. The normalized spacial score (nSPS) is 22.9. The van der Waals surface area contributed by atoms with Gasteiger partial charge in [0.25, 0.3) is 5.91 Å². The van der Waals surface area contributed by atoms with E-state index >= 15 is 0 Å². The Kier molecular flexibility index (Phi) is 4.61. The van der Waals surface area contributed by atoms with Gasteiger partial charge in [-0.25, -0.2) is 0 Å². The minimum Gasteiger partial charge on any atom is -0.370 e. The molecule has 3 heterocycles. The number of ether oxygens (including phenoxy) is 2. The van der Waals surface area contributed by atoms with Crippen LogP contribution in [-0.4, -0.2) is 62.3 Å². The monoisotopic (exact) mass is 373 g/mol. The van der Waals surface area contributed by atoms with Crippen molar-refractivity contribution in [1.82, 2.24) is 10.2 Å². The SMILES string of the molecule is COC(OC)C1CN(c2ccc3c(c2)CN(C2CCC(=O)NC2=O)C3=O)C1. The maximum atomic E-state index is 12.7. The zero-order chi connectivity index (χ0) is 19.1. The summed E-state index contributed by atoms with van der Waals surface area (Å²) in [4.78, 5) is 40.0. The summed E-state index contributed by atoms with van der Waals surface area (Å²) in [6.07, 6.45) is 0.428. The second kappa shape index (κ2) is 6.94. The van der Waals surface area contributed by atoms with Crippen LogP contribution in [0.2, 0.25) is 0 Å². The average Bonchev–Trinajstić information content (AvgIpc) is 2.93. The predicted molar refractivity (Wildman–Crippen MR) is 96.0 cm³/mol. The first kappa shape index (κ1) is 17.9. The summed E-state index contributed by atoms with van der Waals surface area (Å²) in [7, 11) is 3.28. The number of fused-ring (bicyclic) bond motifs is 1. The highest BCUT2D eigenvalue weighted by atomic mass is 16.7. The number of piperidine rings is 1. The van der Waals surface area contributed by atoms with Gasteiger partial charge < -0.3 is 19.3 Å². The van der Waals surface area contributed by atoms with Crippen LogP contribution in [0.4, 0.5) is 5.69 Å². The molecule has 8 heteroatoms. The summed E-state index contributed by atoms with van der Waals surface area (Å²) in [5, 5.41) is 2.32. The third-order valence-electron chi connectivity index (χ3n) is 5.63. The Labute approximate surface area is 157 Å². The highest BCUT2D eigenvalue weighted by Crippen LogP contribution is 2.33. The molecule has 1 unspecified atom stereocenters. The first-order valence-corrected chi connectivity index (χ1v) is 9.10. The number of hydrogen-bond acceptors (Lipinski definition) is 6. The molecule has 2 saturated heterocycles. The number of carbonyl (C=O) groups is 3. The molecule has 3 amide bonds. The van der Waals surface area contributed by atoms with Crippen molar-refractivity contribution in [3.8, 4) is 0 Å². The summed E-state index contributed by atoms with van der Waals surface area (Å²) < 4.78 is 10.6. The van der Waals surface area contributed by atoms with E-state index in [0.717, 1.165) is 24.3 Å². The van der Waals surface area contributed by atoms with Crippen LogP contribution in [0, 0.1) is 5.92 Å². The van der Waals surface area contributed by atoms with Crippen LogP contribution in [0.1, 0.15) is 28.8 Å². The lowest BCUT2D eigenvalue weighted by Crippen LogP contribution is -2.53. The first-order valence-electron chi connectivity index (χ1n) is 9.10. The number of rotatable bonds is 5. The minimum absolute atomic E-state index is 0.147. The van der Waals surface area contributed by atoms with Crippen molar-refractivity contribution in [2.45, 2.75) is 31.7 Å². The number of amides is 3. The summed E-state index contributed by atoms with van der Waals surface area (Å²) >= 11 is 0. The number of imide groups is 1. The Bertz CT molecular complexity index is 786. The van der Waals surface area contributed by atoms with E-state index in [4.69, 9.17) is 9.47 Å². The second-order valence-corrected chi connectivity index (χ2v) is 7.25. The molecule has 3 aliphatic heterocycles. The zero-order valence-electron chi connectivity index (χ0n) is 15.4. The molecule has 0 saturated carbocycles. The highest BCUT2D eigenvalue weighted by molar-refractivity contribution is 6.05. The lowest BCUT2D eigenvalue weighted by molar-refractivity contribution is -0.142. The van der Waals surface area contributed by atoms with Gasteiger partial charge >= 0.3 is 0 Å². The van der Waals surface area contributed by atoms with Crippen LogP contribution < -0.4 is 10.2 Å². The van der Waals surface area contributed by atoms with Gasteiger partial charge in [0, 0.05) is 57.4 Å². The fourth-order valence-electron chi connectivity index (χ4n) is 4.13. The first-order chi connectivity index (χ1) is 13.0. The number of anilines is 1. The summed E-state index contributed by atoms with van der Waals surface area (Å²) in [6, 6.07) is 5.21. The number of benzene rings is 1. The molecule has 0 bridgehead atoms. The number of nitrogens with one attached hydrogen (secondary N) is 1. The molecule has 4 rings (SSSR count). The molecule has 3 aliphatic rings. The fourth-order valence-corrected chi connectivity index (χ4v) is 4.13. The molecule has 2 fully saturated rings. The molecule has 1 N–H and O–H groups in total. The van der Waals surface area contributed by atoms with Crippen molar-refractivity contribution in [3.63, 3.8) is 0 Å². The van der Waals surface area contributed by atoms with Crippen molar-refractivity contribution in [2.75, 3.05) is 32.2 Å². The maximum Gasteiger partial charge on any atom is 0.255 e. The van der Waals surface area contributed by atoms with Gasteiger partial charge in [0.2, 0.25) is 11.8 Å². The predicted octanol–water partition coefficient (Wildman–Crippen LogP) is 0.503. The quantitative estimate of drug-likeness (QED) is 0.597. The summed E-state index contributed by atoms with van der Waals surface area (Å²) in [5.41, 5.74) is 2.60. The molecule has 0 spiro atoms. The van der Waals surface area contributed by atoms with E-state index in [-0.39, 0.29) is 30.4 Å². The minimum atomic E-state index is -0.580. The van der Waals surface area contributed by atoms with Crippen molar-refractivity contribution in [1.29, 1.82) is 0 Å². The Morgan fingerprint density at radius 1 is 1.15 bits per heavy atom. The van der Waals surface area contributed by atoms with Crippen molar-refractivity contribution in [2.24, 2.45) is 5.92 Å². The molecule has 8 nitrogen and oxygen atoms in total. The Hall–Kier alpha value is -2.45. The lowest BCUT2D eigenvalue weighted by Gasteiger charge is -2.43. The summed E-state index contributed by atoms with van der Waals surface area (Å²) in [6.45, 7) is 2.05. The van der Waals surface area contributed by atoms with E-state index in [9.17, 15) is 14.4 Å². The van der Waals surface area contributed by atoms with Crippen LogP contribution in [0.3, 0.4) is 0 Å². The second-order valence-electron chi connectivity index (χ2n) is 7.25. The van der Waals surface area contributed by atoms with Gasteiger partial charge in [0.05, 0.1) is 0 Å². The molecule has 0 aliphatic carbocycles. The van der Waals surface area contributed by atoms with E-state index < -0.39 is 6.04 Å². The fraction of sp³-hybridized carbons (Fsp3) is 0.526. The van der Waals surface area contributed by atoms with Crippen LogP contribution in [0.15, 0.2) is 18.2 Å². The van der Waals surface area contributed by atoms with Gasteiger partial charge in [-0.1, -0.05) is 0 Å². The molecule has 0 aromatic heterocycles. The average molecular weight is 373 g/mol. The molecular formula is C19H23N3O5. The maximum absolute atomic E-state index is 12.7. The van der Waals surface area contributed by atoms with Gasteiger partial charge in [-0.05, 0) is 30.2 Å². The van der Waals surface area contributed by atoms with Gasteiger partial charge in [0.15, 0.2) is 6.29 Å². The van der Waals surface area contributed by atoms with Crippen LogP contribution in [0.5, 0.6) is 0 Å². The molecule has 144 valence electrons. The van der Waals surface area contributed by atoms with Crippen LogP contribution in [-0.2, 0) is 25.6 Å². The third kappa shape index (κ3) is 3.08. The molecule has 1 aromatic carbocycles. The van der Waals surface area contributed by atoms with Crippen molar-refractivity contribution >= 4 is 23.4 Å². The van der Waals surface area contributed by atoms with E-state index in [2.05, 4.69) is 10.2 Å². The summed E-state index contributed by atoms with van der Waals surface area (Å²) in [5.74, 6) is -0.495. The third-order valence-corrected chi connectivity index (χ3v) is 5.63. The standard InChI is InChI=1S/C19H23N3O5/c1-26-19(27-2)12-8-21(9-12)13-3-4-14-11(7-13)10-22(18(14)25)15-5-6-16(23)20-17(15)24/h3-4,7,12,15,19H,5-6,8-10H2,1-2H3,(H,20,23,24). The molecule has 27 heavy (non-hydrogen) atoms. The highest BCUT2D eigenvalue weighted by Gasteiger charge is 2.40. The van der Waals surface area contributed by atoms with Gasteiger partial charge in [0.1, 0.15) is 6.04 Å². The van der Waals surface area contributed by atoms with E-state index in [1.165, 1.54) is 0 Å². The molecule has 1 aromatic rings. The molecule has 1 atom stereocenters. The Morgan fingerprint density at radius 2 is 1.89 bits per heavy atom. The van der Waals surface area contributed by atoms with E-state index in [1.54, 1.807) is 19.1 Å². The van der Waals surface area contributed by atoms with Crippen LogP contribution >= 0.6 is 0 Å². The Morgan fingerprint density at radius 3 is 2.56 bits per heavy atom.